The molecule has 4 heterocycles. The lowest BCUT2D eigenvalue weighted by Gasteiger charge is -1.91. The summed E-state index contributed by atoms with van der Waals surface area (Å²) in [5.41, 5.74) is 1.45. The largest absolute Gasteiger partial charge is 0.478 e. The van der Waals surface area contributed by atoms with Crippen molar-refractivity contribution in [2.45, 2.75) is 55.4 Å². The molecule has 0 amide bonds. The first-order chi connectivity index (χ1) is 18.9. The highest BCUT2D eigenvalue weighted by atomic mass is 16.5. The second kappa shape index (κ2) is 27.9. The number of carbonyl (C=O) groups excluding carboxylic acids is 1. The summed E-state index contributed by atoms with van der Waals surface area (Å²) in [6.45, 7) is 15.3. The molecule has 3 N–H and O–H groups in total. The number of aromatic carboxylic acids is 1. The molecule has 212 valence electrons. The number of esters is 1. The van der Waals surface area contributed by atoms with Gasteiger partial charge in [0.15, 0.2) is 12.4 Å². The lowest BCUT2D eigenvalue weighted by atomic mass is 10.2. The van der Waals surface area contributed by atoms with Crippen molar-refractivity contribution in [2.24, 2.45) is 0 Å². The van der Waals surface area contributed by atoms with E-state index in [9.17, 15) is 9.59 Å². The number of pyridine rings is 3. The molecule has 9 heteroatoms. The van der Waals surface area contributed by atoms with E-state index in [1.54, 1.807) is 61.5 Å². The summed E-state index contributed by atoms with van der Waals surface area (Å²) in [5, 5.41) is 13.0. The summed E-state index contributed by atoms with van der Waals surface area (Å²) >= 11 is 0. The second-order valence-corrected chi connectivity index (χ2v) is 6.01. The minimum atomic E-state index is -0.932. The number of carboxylic acids is 1. The van der Waals surface area contributed by atoms with Gasteiger partial charge in [-0.1, -0.05) is 70.3 Å². The number of nitrogens with two attached hydrogens (primary N) is 1. The quantitative estimate of drug-likeness (QED) is 0.110. The van der Waals surface area contributed by atoms with Crippen molar-refractivity contribution in [1.82, 2.24) is 14.6 Å². The Bertz CT molecular complexity index is 1160. The fraction of sp³-hybridized carbons (Fsp3) is 0.300. The van der Waals surface area contributed by atoms with Gasteiger partial charge in [-0.15, -0.1) is 0 Å². The van der Waals surface area contributed by atoms with E-state index in [2.05, 4.69) is 26.7 Å². The molecule has 4 aromatic rings. The van der Waals surface area contributed by atoms with Gasteiger partial charge in [0, 0.05) is 36.6 Å². The van der Waals surface area contributed by atoms with E-state index in [1.807, 2.05) is 84.0 Å². The van der Waals surface area contributed by atoms with Crippen molar-refractivity contribution in [1.29, 1.82) is 0 Å². The van der Waals surface area contributed by atoms with Crippen LogP contribution in [0, 0.1) is 18.8 Å². The zero-order chi connectivity index (χ0) is 30.5. The van der Waals surface area contributed by atoms with Gasteiger partial charge in [0.05, 0.1) is 18.3 Å². The minimum Gasteiger partial charge on any atom is -0.478 e. The molecule has 0 aliphatic carbocycles. The lowest BCUT2D eigenvalue weighted by Crippen LogP contribution is -2.42. The van der Waals surface area contributed by atoms with Crippen LogP contribution in [-0.4, -0.2) is 38.8 Å². The van der Waals surface area contributed by atoms with Crippen LogP contribution in [0.3, 0.4) is 0 Å². The predicted molar refractivity (Wildman–Crippen MR) is 157 cm³/mol. The van der Waals surface area contributed by atoms with Crippen LogP contribution < -0.4 is 10.5 Å². The molecule has 0 atom stereocenters. The topological polar surface area (TPSA) is 124 Å². The molecule has 39 heavy (non-hydrogen) atoms. The molecule has 0 bridgehead atoms. The second-order valence-electron chi connectivity index (χ2n) is 6.01. The molecule has 0 spiro atoms. The molecule has 0 fully saturated rings. The van der Waals surface area contributed by atoms with Crippen molar-refractivity contribution >= 4 is 17.5 Å². The van der Waals surface area contributed by atoms with Crippen LogP contribution in [-0.2, 0) is 9.53 Å². The molecule has 0 radical (unpaired) electrons. The molecule has 4 aromatic heterocycles. The van der Waals surface area contributed by atoms with Crippen molar-refractivity contribution in [3.63, 3.8) is 0 Å². The minimum absolute atomic E-state index is 0.278. The number of nitrogen functional groups attached to an aromatic ring is 1. The van der Waals surface area contributed by atoms with Gasteiger partial charge < -0.3 is 9.84 Å². The maximum atomic E-state index is 10.8. The van der Waals surface area contributed by atoms with Gasteiger partial charge in [-0.3, -0.25) is 4.98 Å². The highest BCUT2D eigenvalue weighted by Crippen LogP contribution is 2.14. The van der Waals surface area contributed by atoms with Crippen LogP contribution in [0.2, 0.25) is 0 Å². The summed E-state index contributed by atoms with van der Waals surface area (Å²) in [4.78, 5) is 24.6. The third-order valence-electron chi connectivity index (χ3n) is 3.65. The van der Waals surface area contributed by atoms with Crippen molar-refractivity contribution < 1.29 is 24.1 Å². The molecule has 0 aromatic carbocycles. The van der Waals surface area contributed by atoms with E-state index in [0.717, 1.165) is 0 Å². The van der Waals surface area contributed by atoms with Crippen LogP contribution in [0.15, 0.2) is 85.6 Å². The first kappa shape index (κ1) is 38.8. The number of carbonyl (C=O) groups is 2. The predicted octanol–water partition coefficient (Wildman–Crippen LogP) is 5.37. The Morgan fingerprint density at radius 3 is 1.79 bits per heavy atom. The normalized spacial score (nSPS) is 7.82. The molecule has 0 saturated carbocycles. The Morgan fingerprint density at radius 2 is 1.46 bits per heavy atom. The number of methoxy groups -OCH3 is 1. The van der Waals surface area contributed by atoms with Gasteiger partial charge in [-0.25, -0.2) is 19.9 Å². The molecule has 0 saturated heterocycles. The average molecular weight is 539 g/mol. The molecule has 0 unspecified atom stereocenters. The number of rotatable bonds is 1. The number of fused-ring (bicyclic) bond motifs is 1. The Kier molecular flexibility index (Phi) is 27.7. The maximum Gasteiger partial charge on any atom is 0.384 e. The van der Waals surface area contributed by atoms with Crippen LogP contribution in [0.25, 0.3) is 5.52 Å². The lowest BCUT2D eigenvalue weighted by molar-refractivity contribution is -0.638. The molecular formula is C30H44N5O4+. The standard InChI is InChI=1S/C9H8N2O2.C5H7N2.C5H5N.C5H6O2.3C2H6/c1-6-8(9(12)13)7-4-2-3-5-11(7)10-6;6-7-4-2-1-3-5-7;1-2-4-6-5-3-1;1-3-4-5(6)7-2;3*1-2/h2-5H,1H3,(H,12,13);1-5H,6H2;1-5H;1-2H3;3*1-2H3/q;+1;;;;;. The number of hydrogen-bond acceptors (Lipinski definition) is 6. The number of aromatic nitrogens is 4. The van der Waals surface area contributed by atoms with Gasteiger partial charge in [0.1, 0.15) is 5.56 Å². The fourth-order valence-corrected chi connectivity index (χ4v) is 2.26. The summed E-state index contributed by atoms with van der Waals surface area (Å²) in [5.74, 6) is 8.44. The third kappa shape index (κ3) is 19.1. The highest BCUT2D eigenvalue weighted by molar-refractivity contribution is 5.96. The Hall–Kier alpha value is -4.71. The summed E-state index contributed by atoms with van der Waals surface area (Å²) in [6, 6.07) is 16.7. The molecule has 4 rings (SSSR count). The van der Waals surface area contributed by atoms with Crippen LogP contribution in [0.1, 0.15) is 64.5 Å². The van der Waals surface area contributed by atoms with E-state index in [1.165, 1.54) is 11.8 Å². The molecule has 9 nitrogen and oxygen atoms in total. The SMILES string of the molecule is CC.CC.CC.CC#CC(=O)OC.Cc1nn2ccccc2c1C(=O)O.N[n+]1ccccc1.c1ccncc1. The third-order valence-corrected chi connectivity index (χ3v) is 3.65. The van der Waals surface area contributed by atoms with Gasteiger partial charge in [-0.2, -0.15) is 5.10 Å². The van der Waals surface area contributed by atoms with E-state index < -0.39 is 11.9 Å². The zero-order valence-corrected chi connectivity index (χ0v) is 24.6. The van der Waals surface area contributed by atoms with E-state index in [4.69, 9.17) is 10.9 Å². The van der Waals surface area contributed by atoms with E-state index >= 15 is 0 Å². The van der Waals surface area contributed by atoms with Gasteiger partial charge in [0.25, 0.3) is 0 Å². The number of carboxylic acid groups (broad SMARTS) is 1. The molecular weight excluding hydrogens is 494 g/mol. The first-order valence-corrected chi connectivity index (χ1v) is 12.6. The highest BCUT2D eigenvalue weighted by Gasteiger charge is 2.14. The molecule has 0 aliphatic heterocycles. The van der Waals surface area contributed by atoms with E-state index in [0.29, 0.717) is 11.2 Å². The molecule has 0 aliphatic rings. The summed E-state index contributed by atoms with van der Waals surface area (Å²) in [6.07, 6.45) is 8.79. The summed E-state index contributed by atoms with van der Waals surface area (Å²) < 4.78 is 7.25. The number of hydrogen-bond donors (Lipinski definition) is 2. The number of ether oxygens (including phenoxy) is 1. The van der Waals surface area contributed by atoms with Crippen molar-refractivity contribution in [2.75, 3.05) is 13.0 Å². The Balaban J connectivity index is -0.000000435. The van der Waals surface area contributed by atoms with Gasteiger partial charge >= 0.3 is 11.9 Å². The van der Waals surface area contributed by atoms with Gasteiger partial charge in [0.2, 0.25) is 0 Å². The Morgan fingerprint density at radius 1 is 0.923 bits per heavy atom. The maximum absolute atomic E-state index is 10.8. The Labute approximate surface area is 233 Å². The van der Waals surface area contributed by atoms with Crippen molar-refractivity contribution in [3.8, 4) is 11.8 Å². The zero-order valence-electron chi connectivity index (χ0n) is 24.6. The van der Waals surface area contributed by atoms with Gasteiger partial charge in [-0.05, 0) is 38.1 Å². The van der Waals surface area contributed by atoms with Crippen molar-refractivity contribution in [3.05, 3.63) is 96.8 Å². The smallest absolute Gasteiger partial charge is 0.384 e. The van der Waals surface area contributed by atoms with Crippen LogP contribution >= 0.6 is 0 Å². The van der Waals surface area contributed by atoms with Crippen LogP contribution in [0.5, 0.6) is 0 Å². The van der Waals surface area contributed by atoms with Crippen LogP contribution in [0.4, 0.5) is 0 Å². The summed E-state index contributed by atoms with van der Waals surface area (Å²) in [7, 11) is 1.30. The fourth-order valence-electron chi connectivity index (χ4n) is 2.26. The number of aryl methyl sites for hydroxylation is 1. The monoisotopic (exact) mass is 538 g/mol. The van der Waals surface area contributed by atoms with E-state index in [-0.39, 0.29) is 5.56 Å². The average Bonchev–Trinajstić information content (AvgIpc) is 3.34. The first-order valence-electron chi connectivity index (χ1n) is 12.6. The number of nitrogens with zero attached hydrogens (tertiary/aromatic N) is 4.